The van der Waals surface area contributed by atoms with E-state index in [9.17, 15) is 4.79 Å². The molecule has 5 nitrogen and oxygen atoms in total. The Morgan fingerprint density at radius 2 is 1.80 bits per heavy atom. The van der Waals surface area contributed by atoms with Crippen LogP contribution in [-0.2, 0) is 11.4 Å². The summed E-state index contributed by atoms with van der Waals surface area (Å²) in [7, 11) is 0. The molecule has 0 spiro atoms. The van der Waals surface area contributed by atoms with E-state index in [1.807, 2.05) is 80.6 Å². The Balaban J connectivity index is 1.55. The second-order valence-corrected chi connectivity index (χ2v) is 7.90. The zero-order chi connectivity index (χ0) is 20.9. The molecule has 1 N–H and O–H groups in total. The van der Waals surface area contributed by atoms with Gasteiger partial charge in [-0.3, -0.25) is 9.78 Å². The van der Waals surface area contributed by atoms with Gasteiger partial charge in [0, 0.05) is 11.8 Å². The van der Waals surface area contributed by atoms with Crippen molar-refractivity contribution >= 4 is 34.6 Å². The number of amides is 1. The molecule has 0 saturated carbocycles. The number of nitrogens with one attached hydrogen (secondary N) is 1. The summed E-state index contributed by atoms with van der Waals surface area (Å²) in [5.41, 5.74) is 4.71. The first-order valence-electron chi connectivity index (χ1n) is 9.58. The largest absolute Gasteiger partial charge is 0.487 e. The third-order valence-corrected chi connectivity index (χ3v) is 5.52. The summed E-state index contributed by atoms with van der Waals surface area (Å²) in [6.45, 7) is 4.39. The van der Waals surface area contributed by atoms with Crippen LogP contribution in [0.2, 0.25) is 0 Å². The predicted octanol–water partition coefficient (Wildman–Crippen LogP) is 5.17. The summed E-state index contributed by atoms with van der Waals surface area (Å²) in [5, 5.41) is 3.44. The van der Waals surface area contributed by atoms with Gasteiger partial charge >= 0.3 is 0 Å². The molecule has 0 unspecified atom stereocenters. The maximum absolute atomic E-state index is 12.5. The molecule has 4 rings (SSSR count). The number of aliphatic imine (C=N–C) groups is 1. The van der Waals surface area contributed by atoms with Crippen molar-refractivity contribution in [2.45, 2.75) is 20.5 Å². The van der Waals surface area contributed by atoms with Gasteiger partial charge in [-0.1, -0.05) is 42.5 Å². The highest BCUT2D eigenvalue weighted by Crippen LogP contribution is 2.32. The standard InChI is InChI=1S/C24H21N3O2S/c1-16-8-7-9-17(2)22(16)26-24-27-23(28)21(30-24)14-18-10-3-4-12-20(18)29-15-19-11-5-6-13-25-19/h3-14H,15H2,1-2H3,(H,26,27,28)/b21-14+. The number of para-hydroxylation sites is 2. The van der Waals surface area contributed by atoms with Crippen molar-refractivity contribution in [1.29, 1.82) is 0 Å². The molecule has 6 heteroatoms. The molecule has 2 aromatic carbocycles. The van der Waals surface area contributed by atoms with Gasteiger partial charge in [0.1, 0.15) is 12.4 Å². The van der Waals surface area contributed by atoms with Crippen LogP contribution in [0.5, 0.6) is 5.75 Å². The predicted molar refractivity (Wildman–Crippen MR) is 122 cm³/mol. The van der Waals surface area contributed by atoms with Crippen molar-refractivity contribution in [3.8, 4) is 5.75 Å². The van der Waals surface area contributed by atoms with Crippen LogP contribution in [0, 0.1) is 13.8 Å². The number of hydrogen-bond acceptors (Lipinski definition) is 5. The maximum Gasteiger partial charge on any atom is 0.264 e. The van der Waals surface area contributed by atoms with Gasteiger partial charge in [0.2, 0.25) is 0 Å². The minimum Gasteiger partial charge on any atom is -0.487 e. The lowest BCUT2D eigenvalue weighted by molar-refractivity contribution is -0.115. The highest BCUT2D eigenvalue weighted by Gasteiger charge is 2.24. The van der Waals surface area contributed by atoms with E-state index in [4.69, 9.17) is 4.74 Å². The number of aryl methyl sites for hydroxylation is 2. The quantitative estimate of drug-likeness (QED) is 0.584. The molecular formula is C24H21N3O2S. The molecule has 0 aliphatic carbocycles. The molecule has 1 amide bonds. The van der Waals surface area contributed by atoms with Gasteiger partial charge in [0.15, 0.2) is 5.17 Å². The van der Waals surface area contributed by atoms with Crippen LogP contribution in [-0.4, -0.2) is 16.1 Å². The molecule has 0 bridgehead atoms. The van der Waals surface area contributed by atoms with Crippen molar-refractivity contribution in [3.63, 3.8) is 0 Å². The van der Waals surface area contributed by atoms with E-state index in [1.165, 1.54) is 11.8 Å². The van der Waals surface area contributed by atoms with E-state index in [-0.39, 0.29) is 5.91 Å². The first-order valence-corrected chi connectivity index (χ1v) is 10.4. The van der Waals surface area contributed by atoms with Crippen molar-refractivity contribution in [1.82, 2.24) is 10.3 Å². The third kappa shape index (κ3) is 4.60. The number of benzene rings is 2. The Morgan fingerprint density at radius 3 is 2.57 bits per heavy atom. The number of carbonyl (C=O) groups excluding carboxylic acids is 1. The zero-order valence-electron chi connectivity index (χ0n) is 16.8. The summed E-state index contributed by atoms with van der Waals surface area (Å²) >= 11 is 1.33. The lowest BCUT2D eigenvalue weighted by Gasteiger charge is -2.09. The first-order chi connectivity index (χ1) is 14.6. The fourth-order valence-electron chi connectivity index (χ4n) is 3.07. The highest BCUT2D eigenvalue weighted by atomic mass is 32.2. The SMILES string of the molecule is Cc1cccc(C)c1N=C1NC(=O)/C(=C\c2ccccc2OCc2ccccn2)S1. The van der Waals surface area contributed by atoms with E-state index >= 15 is 0 Å². The minimum atomic E-state index is -0.162. The van der Waals surface area contributed by atoms with Gasteiger partial charge in [-0.2, -0.15) is 0 Å². The van der Waals surface area contributed by atoms with Crippen molar-refractivity contribution in [3.05, 3.63) is 94.1 Å². The number of nitrogens with zero attached hydrogens (tertiary/aromatic N) is 2. The molecule has 150 valence electrons. The van der Waals surface area contributed by atoms with Crippen LogP contribution >= 0.6 is 11.8 Å². The van der Waals surface area contributed by atoms with Crippen LogP contribution in [0.15, 0.2) is 76.8 Å². The number of amidine groups is 1. The monoisotopic (exact) mass is 415 g/mol. The fourth-order valence-corrected chi connectivity index (χ4v) is 3.89. The van der Waals surface area contributed by atoms with Crippen LogP contribution in [0.1, 0.15) is 22.4 Å². The molecule has 1 saturated heterocycles. The second-order valence-electron chi connectivity index (χ2n) is 6.87. The van der Waals surface area contributed by atoms with Crippen molar-refractivity contribution < 1.29 is 9.53 Å². The molecule has 30 heavy (non-hydrogen) atoms. The van der Waals surface area contributed by atoms with Gasteiger partial charge < -0.3 is 10.1 Å². The van der Waals surface area contributed by atoms with Crippen molar-refractivity contribution in [2.24, 2.45) is 4.99 Å². The van der Waals surface area contributed by atoms with Gasteiger partial charge in [0.05, 0.1) is 16.3 Å². The maximum atomic E-state index is 12.5. The summed E-state index contributed by atoms with van der Waals surface area (Å²) < 4.78 is 5.94. The highest BCUT2D eigenvalue weighted by molar-refractivity contribution is 8.18. The molecule has 0 atom stereocenters. The first kappa shape index (κ1) is 19.9. The smallest absolute Gasteiger partial charge is 0.264 e. The summed E-state index contributed by atoms with van der Waals surface area (Å²) in [6, 6.07) is 19.4. The molecule has 1 aromatic heterocycles. The molecule has 1 aliphatic heterocycles. The molecule has 2 heterocycles. The number of pyridine rings is 1. The van der Waals surface area contributed by atoms with Gasteiger partial charge in [-0.25, -0.2) is 4.99 Å². The Bertz CT molecular complexity index is 1120. The van der Waals surface area contributed by atoms with Crippen molar-refractivity contribution in [2.75, 3.05) is 0 Å². The van der Waals surface area contributed by atoms with Crippen LogP contribution in [0.3, 0.4) is 0 Å². The summed E-state index contributed by atoms with van der Waals surface area (Å²) in [6.07, 6.45) is 3.57. The molecular weight excluding hydrogens is 394 g/mol. The van der Waals surface area contributed by atoms with E-state index in [0.29, 0.717) is 22.4 Å². The van der Waals surface area contributed by atoms with Crippen LogP contribution < -0.4 is 10.1 Å². The summed E-state index contributed by atoms with van der Waals surface area (Å²) in [5.74, 6) is 0.536. The van der Waals surface area contributed by atoms with Crippen LogP contribution in [0.4, 0.5) is 5.69 Å². The van der Waals surface area contributed by atoms with Crippen LogP contribution in [0.25, 0.3) is 6.08 Å². The van der Waals surface area contributed by atoms with Gasteiger partial charge in [-0.15, -0.1) is 0 Å². The second kappa shape index (κ2) is 8.97. The van der Waals surface area contributed by atoms with E-state index in [1.54, 1.807) is 6.20 Å². The number of thioether (sulfide) groups is 1. The van der Waals surface area contributed by atoms with E-state index < -0.39 is 0 Å². The number of rotatable bonds is 5. The van der Waals surface area contributed by atoms with Gasteiger partial charge in [-0.05, 0) is 61.0 Å². The lowest BCUT2D eigenvalue weighted by Crippen LogP contribution is -2.19. The minimum absolute atomic E-state index is 0.162. The Hall–Kier alpha value is -3.38. The topological polar surface area (TPSA) is 63.6 Å². The van der Waals surface area contributed by atoms with Gasteiger partial charge in [0.25, 0.3) is 5.91 Å². The average Bonchev–Trinajstić information content (AvgIpc) is 3.10. The summed E-state index contributed by atoms with van der Waals surface area (Å²) in [4.78, 5) is 22.0. The number of carbonyl (C=O) groups is 1. The van der Waals surface area contributed by atoms with E-state index in [0.717, 1.165) is 28.1 Å². The average molecular weight is 416 g/mol. The zero-order valence-corrected chi connectivity index (χ0v) is 17.6. The third-order valence-electron chi connectivity index (χ3n) is 4.61. The molecule has 3 aromatic rings. The molecule has 0 radical (unpaired) electrons. The fraction of sp³-hybridized carbons (Fsp3) is 0.125. The molecule has 1 aliphatic rings. The Morgan fingerprint density at radius 1 is 1.03 bits per heavy atom. The number of hydrogen-bond donors (Lipinski definition) is 1. The normalized spacial score (nSPS) is 16.1. The number of ether oxygens (including phenoxy) is 1. The Kier molecular flexibility index (Phi) is 5.95. The lowest BCUT2D eigenvalue weighted by atomic mass is 10.1. The Labute approximate surface area is 179 Å². The number of aromatic nitrogens is 1. The molecule has 1 fully saturated rings. The van der Waals surface area contributed by atoms with E-state index in [2.05, 4.69) is 15.3 Å².